The number of hydrogen-bond donors (Lipinski definition) is 1. The highest BCUT2D eigenvalue weighted by atomic mass is 19.1. The van der Waals surface area contributed by atoms with Crippen LogP contribution in [0.1, 0.15) is 64.8 Å². The molecule has 2 aromatic carbocycles. The lowest BCUT2D eigenvalue weighted by Gasteiger charge is -2.26. The summed E-state index contributed by atoms with van der Waals surface area (Å²) in [5.41, 5.74) is 8.92. The number of halogens is 4. The minimum Gasteiger partial charge on any atom is -0.366 e. The fourth-order valence-electron chi connectivity index (χ4n) is 7.70. The second-order valence-corrected chi connectivity index (χ2v) is 14.0. The maximum atomic E-state index is 14.4. The average molecular weight is 801 g/mol. The zero-order chi connectivity index (χ0) is 40.8. The molecule has 296 valence electrons. The Morgan fingerprint density at radius 1 is 0.678 bits per heavy atom. The lowest BCUT2D eigenvalue weighted by Crippen LogP contribution is -2.24. The van der Waals surface area contributed by atoms with E-state index < -0.39 is 29.2 Å². The molecule has 8 heterocycles. The van der Waals surface area contributed by atoms with E-state index in [0.29, 0.717) is 76.9 Å². The monoisotopic (exact) mass is 800 g/mol. The molecular formula is C40H32F4N14O. The van der Waals surface area contributed by atoms with Crippen LogP contribution in [0.2, 0.25) is 0 Å². The third-order valence-electron chi connectivity index (χ3n) is 10.5. The van der Waals surface area contributed by atoms with Crippen LogP contribution < -0.4 is 15.5 Å². The summed E-state index contributed by atoms with van der Waals surface area (Å²) < 4.78 is 62.4. The number of benzene rings is 2. The van der Waals surface area contributed by atoms with E-state index >= 15 is 0 Å². The molecule has 19 heteroatoms. The van der Waals surface area contributed by atoms with Crippen molar-refractivity contribution in [3.63, 3.8) is 0 Å². The van der Waals surface area contributed by atoms with Crippen molar-refractivity contribution in [1.29, 1.82) is 5.26 Å². The molecule has 2 saturated heterocycles. The molecule has 1 amide bonds. The Morgan fingerprint density at radius 3 is 1.66 bits per heavy atom. The first kappa shape index (κ1) is 37.0. The number of rotatable bonds is 7. The number of hydrogen-bond acceptors (Lipinski definition) is 10. The summed E-state index contributed by atoms with van der Waals surface area (Å²) in [6.07, 6.45) is 15.8. The molecule has 15 nitrogen and oxygen atoms in total. The zero-order valence-electron chi connectivity index (χ0n) is 30.9. The molecule has 10 rings (SSSR count). The number of primary amides is 1. The molecule has 0 unspecified atom stereocenters. The van der Waals surface area contributed by atoms with E-state index in [1.807, 2.05) is 21.9 Å². The molecule has 2 aliphatic rings. The first-order valence-corrected chi connectivity index (χ1v) is 18.6. The van der Waals surface area contributed by atoms with Gasteiger partial charge in [0.25, 0.3) is 5.91 Å². The van der Waals surface area contributed by atoms with Gasteiger partial charge in [0, 0.05) is 49.0 Å². The highest BCUT2D eigenvalue weighted by molar-refractivity contribution is 5.92. The summed E-state index contributed by atoms with van der Waals surface area (Å²) in [4.78, 5) is 24.7. The molecular weight excluding hydrogens is 769 g/mol. The summed E-state index contributed by atoms with van der Waals surface area (Å²) in [5, 5.41) is 25.9. The Morgan fingerprint density at radius 2 is 1.19 bits per heavy atom. The number of fused-ring (bicyclic) bond motifs is 2. The molecule has 2 fully saturated rings. The molecule has 2 aliphatic heterocycles. The van der Waals surface area contributed by atoms with E-state index in [9.17, 15) is 22.4 Å². The second kappa shape index (κ2) is 15.0. The second-order valence-electron chi connectivity index (χ2n) is 14.0. The van der Waals surface area contributed by atoms with Crippen molar-refractivity contribution in [2.45, 2.75) is 37.8 Å². The van der Waals surface area contributed by atoms with Gasteiger partial charge in [-0.2, -0.15) is 25.7 Å². The highest BCUT2D eigenvalue weighted by Crippen LogP contribution is 2.38. The van der Waals surface area contributed by atoms with E-state index in [0.717, 1.165) is 37.1 Å². The van der Waals surface area contributed by atoms with Crippen molar-refractivity contribution in [3.8, 4) is 17.4 Å². The summed E-state index contributed by atoms with van der Waals surface area (Å²) in [7, 11) is 0. The number of carbonyl (C=O) groups is 1. The van der Waals surface area contributed by atoms with Gasteiger partial charge >= 0.3 is 0 Å². The number of carbonyl (C=O) groups excluding carboxylic acids is 1. The highest BCUT2D eigenvalue weighted by Gasteiger charge is 2.31. The van der Waals surface area contributed by atoms with Gasteiger partial charge in [0.2, 0.25) is 0 Å². The Kier molecular flexibility index (Phi) is 9.43. The Bertz CT molecular complexity index is 2910. The summed E-state index contributed by atoms with van der Waals surface area (Å²) in [6, 6.07) is 12.1. The maximum absolute atomic E-state index is 14.4. The van der Waals surface area contributed by atoms with Crippen molar-refractivity contribution < 1.29 is 22.4 Å². The van der Waals surface area contributed by atoms with Crippen LogP contribution in [0.15, 0.2) is 98.1 Å². The quantitative estimate of drug-likeness (QED) is 0.188. The van der Waals surface area contributed by atoms with Gasteiger partial charge in [-0.1, -0.05) is 0 Å². The molecule has 8 aromatic rings. The standard InChI is InChI=1S/C20H17F2N7O.C20H15F2N7/c21-13-3-4-15(22)14(8-13)16-2-1-6-27(16)18-5-7-28-20(26-18)17(10-25-28)29-11-12(9-24-29)19(23)30;21-14-3-4-16(22)15(8-14)17-2-1-6-27(17)19-5-7-28-20(26-19)18(11-25-28)29-12-13(9-23)10-24-29/h3-5,7-11,16H,1-2,6H2,(H2,23,30);3-5,7-8,10-12,17H,1-2,6H2/t16-;17-/m11/s1. The van der Waals surface area contributed by atoms with Crippen LogP contribution in [0.3, 0.4) is 0 Å². The number of aromatic nitrogens is 10. The third-order valence-corrected chi connectivity index (χ3v) is 10.5. The van der Waals surface area contributed by atoms with Crippen molar-refractivity contribution in [1.82, 2.24) is 48.8 Å². The largest absolute Gasteiger partial charge is 0.366 e. The SMILES string of the molecule is N#Cc1cnn(-c2cnn3ccc(N4CCC[C@@H]4c4cc(F)ccc4F)nc23)c1.NC(=O)c1cnn(-c2cnn3ccc(N4CCC[C@@H]4c4cc(F)ccc4F)nc23)c1. The van der Waals surface area contributed by atoms with Crippen molar-refractivity contribution >= 4 is 28.8 Å². The Balaban J connectivity index is 0.000000152. The smallest absolute Gasteiger partial charge is 0.251 e. The van der Waals surface area contributed by atoms with Crippen LogP contribution in [-0.4, -0.2) is 67.8 Å². The molecule has 0 saturated carbocycles. The molecule has 0 spiro atoms. The number of nitriles is 1. The fourth-order valence-corrected chi connectivity index (χ4v) is 7.70. The van der Waals surface area contributed by atoms with Crippen LogP contribution in [0.25, 0.3) is 22.7 Å². The van der Waals surface area contributed by atoms with E-state index in [1.54, 1.807) is 50.8 Å². The predicted molar refractivity (Wildman–Crippen MR) is 205 cm³/mol. The topological polar surface area (TPSA) is 169 Å². The van der Waals surface area contributed by atoms with Gasteiger partial charge in [-0.25, -0.2) is 45.9 Å². The van der Waals surface area contributed by atoms with Crippen molar-refractivity contribution in [3.05, 3.63) is 144 Å². The Labute approximate surface area is 332 Å². The van der Waals surface area contributed by atoms with Gasteiger partial charge in [0.1, 0.15) is 52.3 Å². The number of anilines is 2. The first-order valence-electron chi connectivity index (χ1n) is 18.6. The summed E-state index contributed by atoms with van der Waals surface area (Å²) in [5.74, 6) is -1.09. The van der Waals surface area contributed by atoms with Gasteiger partial charge in [-0.05, 0) is 74.2 Å². The molecule has 0 aliphatic carbocycles. The normalized spacial score (nSPS) is 16.5. The lowest BCUT2D eigenvalue weighted by molar-refractivity contribution is 0.1000. The van der Waals surface area contributed by atoms with Gasteiger partial charge in [-0.15, -0.1) is 0 Å². The first-order chi connectivity index (χ1) is 28.6. The fraction of sp³-hybridized carbons (Fsp3) is 0.200. The van der Waals surface area contributed by atoms with Crippen LogP contribution in [-0.2, 0) is 0 Å². The van der Waals surface area contributed by atoms with Gasteiger partial charge in [-0.3, -0.25) is 4.79 Å². The van der Waals surface area contributed by atoms with Crippen molar-refractivity contribution in [2.75, 3.05) is 22.9 Å². The minimum absolute atomic E-state index is 0.270. The molecule has 2 N–H and O–H groups in total. The van der Waals surface area contributed by atoms with Crippen LogP contribution in [0.5, 0.6) is 0 Å². The van der Waals surface area contributed by atoms with E-state index in [4.69, 9.17) is 21.0 Å². The molecule has 0 bridgehead atoms. The average Bonchev–Trinajstić information content (AvgIpc) is 4.09. The number of nitrogens with zero attached hydrogens (tertiary/aromatic N) is 13. The zero-order valence-corrected chi connectivity index (χ0v) is 30.9. The number of nitrogens with two attached hydrogens (primary N) is 1. The van der Waals surface area contributed by atoms with E-state index in [1.165, 1.54) is 35.4 Å². The molecule has 2 atom stereocenters. The van der Waals surface area contributed by atoms with Crippen LogP contribution in [0.4, 0.5) is 29.2 Å². The summed E-state index contributed by atoms with van der Waals surface area (Å²) >= 11 is 0. The minimum atomic E-state index is -0.580. The van der Waals surface area contributed by atoms with E-state index in [-0.39, 0.29) is 17.6 Å². The summed E-state index contributed by atoms with van der Waals surface area (Å²) in [6.45, 7) is 1.36. The van der Waals surface area contributed by atoms with E-state index in [2.05, 4.69) is 20.4 Å². The lowest BCUT2D eigenvalue weighted by atomic mass is 10.0. The molecule has 6 aromatic heterocycles. The third kappa shape index (κ3) is 6.94. The Hall–Kier alpha value is -7.62. The predicted octanol–water partition coefficient (Wildman–Crippen LogP) is 6.04. The van der Waals surface area contributed by atoms with Gasteiger partial charge in [0.05, 0.1) is 48.0 Å². The molecule has 59 heavy (non-hydrogen) atoms. The van der Waals surface area contributed by atoms with Crippen LogP contribution >= 0.6 is 0 Å². The van der Waals surface area contributed by atoms with Gasteiger partial charge in [0.15, 0.2) is 11.3 Å². The maximum Gasteiger partial charge on any atom is 0.251 e. The van der Waals surface area contributed by atoms with Crippen LogP contribution in [0, 0.1) is 34.6 Å². The van der Waals surface area contributed by atoms with Gasteiger partial charge < -0.3 is 15.5 Å². The number of amides is 1. The van der Waals surface area contributed by atoms with Crippen molar-refractivity contribution in [2.24, 2.45) is 5.73 Å². The molecule has 0 radical (unpaired) electrons.